The molecule has 0 heterocycles. The zero-order chi connectivity index (χ0) is 34.3. The molecule has 0 saturated heterocycles. The molecule has 0 bridgehead atoms. The number of carbonyl (C=O) groups excluding carboxylic acids is 3. The van der Waals surface area contributed by atoms with Crippen molar-refractivity contribution in [2.75, 3.05) is 0 Å². The van der Waals surface area contributed by atoms with E-state index in [0.29, 0.717) is 30.3 Å². The number of alkyl carbamates (subject to hydrolysis) is 1. The highest BCUT2D eigenvalue weighted by Gasteiger charge is 2.27. The molecule has 0 aliphatic heterocycles. The van der Waals surface area contributed by atoms with Crippen molar-refractivity contribution in [3.8, 4) is 11.5 Å². The van der Waals surface area contributed by atoms with Crippen molar-refractivity contribution >= 4 is 17.9 Å². The number of primary amides is 1. The summed E-state index contributed by atoms with van der Waals surface area (Å²) < 4.78 is 17.7. The van der Waals surface area contributed by atoms with E-state index in [4.69, 9.17) is 19.9 Å². The largest absolute Gasteiger partial charge is 0.485 e. The Morgan fingerprint density at radius 3 is 1.51 bits per heavy atom. The Labute approximate surface area is 286 Å². The normalized spacial score (nSPS) is 11.8. The van der Waals surface area contributed by atoms with Gasteiger partial charge in [-0.05, 0) is 39.9 Å². The van der Waals surface area contributed by atoms with Crippen molar-refractivity contribution in [2.45, 2.75) is 44.7 Å². The van der Waals surface area contributed by atoms with E-state index in [-0.39, 0.29) is 19.4 Å². The summed E-state index contributed by atoms with van der Waals surface area (Å²) in [5.41, 5.74) is 10.1. The first-order valence-corrected chi connectivity index (χ1v) is 16.0. The lowest BCUT2D eigenvalue weighted by atomic mass is 10.0. The fourth-order valence-corrected chi connectivity index (χ4v) is 5.08. The van der Waals surface area contributed by atoms with Crippen LogP contribution in [0.15, 0.2) is 140 Å². The zero-order valence-corrected chi connectivity index (χ0v) is 27.0. The molecule has 49 heavy (non-hydrogen) atoms. The highest BCUT2D eigenvalue weighted by Crippen LogP contribution is 2.30. The molecule has 0 aliphatic rings. The second-order valence-electron chi connectivity index (χ2n) is 11.4. The first-order valence-electron chi connectivity index (χ1n) is 16.0. The maximum absolute atomic E-state index is 13.6. The summed E-state index contributed by atoms with van der Waals surface area (Å²) in [4.78, 5) is 39.1. The number of nitrogens with one attached hydrogen (secondary N) is 2. The van der Waals surface area contributed by atoms with Gasteiger partial charge in [0.15, 0.2) is 11.5 Å². The average Bonchev–Trinajstić information content (AvgIpc) is 3.13. The first kappa shape index (κ1) is 34.3. The van der Waals surface area contributed by atoms with Crippen LogP contribution in [0.5, 0.6) is 11.5 Å². The van der Waals surface area contributed by atoms with E-state index in [2.05, 4.69) is 10.6 Å². The Morgan fingerprint density at radius 2 is 0.980 bits per heavy atom. The molecule has 0 aromatic heterocycles. The molecule has 0 saturated carbocycles. The predicted octanol–water partition coefficient (Wildman–Crippen LogP) is 5.89. The minimum atomic E-state index is -1.08. The molecule has 250 valence electrons. The third-order valence-corrected chi connectivity index (χ3v) is 7.69. The van der Waals surface area contributed by atoms with Crippen LogP contribution in [0.25, 0.3) is 0 Å². The molecule has 0 fully saturated rings. The minimum absolute atomic E-state index is 0.0377. The number of amides is 3. The molecule has 5 aromatic carbocycles. The van der Waals surface area contributed by atoms with Gasteiger partial charge in [0, 0.05) is 12.8 Å². The quantitative estimate of drug-likeness (QED) is 0.121. The smallest absolute Gasteiger partial charge is 0.408 e. The molecule has 0 radical (unpaired) electrons. The number of hydrogen-bond donors (Lipinski definition) is 3. The second kappa shape index (κ2) is 17.7. The molecule has 5 aromatic rings. The van der Waals surface area contributed by atoms with Crippen LogP contribution < -0.4 is 25.8 Å². The van der Waals surface area contributed by atoms with E-state index in [9.17, 15) is 14.4 Å². The van der Waals surface area contributed by atoms with Gasteiger partial charge in [0.1, 0.15) is 31.9 Å². The Morgan fingerprint density at radius 1 is 0.510 bits per heavy atom. The first-order chi connectivity index (χ1) is 23.9. The van der Waals surface area contributed by atoms with Crippen LogP contribution >= 0.6 is 0 Å². The van der Waals surface area contributed by atoms with Gasteiger partial charge in [-0.15, -0.1) is 0 Å². The highest BCUT2D eigenvalue weighted by atomic mass is 16.5. The maximum atomic E-state index is 13.6. The topological polar surface area (TPSA) is 129 Å². The van der Waals surface area contributed by atoms with E-state index in [1.807, 2.05) is 121 Å². The van der Waals surface area contributed by atoms with Gasteiger partial charge >= 0.3 is 6.09 Å². The van der Waals surface area contributed by atoms with Crippen molar-refractivity contribution in [1.29, 1.82) is 0 Å². The van der Waals surface area contributed by atoms with E-state index in [1.54, 1.807) is 18.2 Å². The number of nitrogens with two attached hydrogens (primary N) is 1. The minimum Gasteiger partial charge on any atom is -0.485 e. The van der Waals surface area contributed by atoms with Gasteiger partial charge in [0.05, 0.1) is 0 Å². The number of carbonyl (C=O) groups is 3. The van der Waals surface area contributed by atoms with E-state index >= 15 is 0 Å². The zero-order valence-electron chi connectivity index (χ0n) is 27.0. The van der Waals surface area contributed by atoms with Crippen molar-refractivity contribution in [1.82, 2.24) is 10.6 Å². The summed E-state index contributed by atoms with van der Waals surface area (Å²) >= 11 is 0. The lowest BCUT2D eigenvalue weighted by Gasteiger charge is -2.22. The van der Waals surface area contributed by atoms with Crippen LogP contribution in [0.4, 0.5) is 4.79 Å². The Bertz CT molecular complexity index is 1790. The number of rotatable bonds is 16. The van der Waals surface area contributed by atoms with Crippen LogP contribution in [0.1, 0.15) is 27.8 Å². The molecule has 9 heteroatoms. The summed E-state index contributed by atoms with van der Waals surface area (Å²) in [6.07, 6.45) is -0.510. The molecule has 5 rings (SSSR count). The number of hydrogen-bond acceptors (Lipinski definition) is 6. The maximum Gasteiger partial charge on any atom is 0.408 e. The van der Waals surface area contributed by atoms with Gasteiger partial charge in [0.25, 0.3) is 0 Å². The molecule has 9 nitrogen and oxygen atoms in total. The molecule has 3 amide bonds. The van der Waals surface area contributed by atoms with Gasteiger partial charge < -0.3 is 30.6 Å². The van der Waals surface area contributed by atoms with Crippen molar-refractivity contribution < 1.29 is 28.6 Å². The SMILES string of the molecule is NC(=O)[C@@H](Cc1ccc(OCc2ccccc2)c(OCc2ccccc2)c1)NC(=O)[C@H](Cc1ccccc1)NC(=O)OCc1ccccc1. The van der Waals surface area contributed by atoms with Gasteiger partial charge in [0.2, 0.25) is 11.8 Å². The van der Waals surface area contributed by atoms with Crippen LogP contribution in [0.2, 0.25) is 0 Å². The average molecular weight is 658 g/mol. The molecule has 0 aliphatic carbocycles. The predicted molar refractivity (Wildman–Crippen MR) is 187 cm³/mol. The molecule has 0 spiro atoms. The van der Waals surface area contributed by atoms with Crippen LogP contribution in [0.3, 0.4) is 0 Å². The molecule has 0 unspecified atom stereocenters. The van der Waals surface area contributed by atoms with Crippen molar-refractivity contribution in [3.63, 3.8) is 0 Å². The number of ether oxygens (including phenoxy) is 3. The summed E-state index contributed by atoms with van der Waals surface area (Å²) in [6, 6.07) is 41.2. The van der Waals surface area contributed by atoms with Gasteiger partial charge in [-0.3, -0.25) is 9.59 Å². The van der Waals surface area contributed by atoms with Crippen LogP contribution in [-0.2, 0) is 47.0 Å². The Hall–Kier alpha value is -6.09. The summed E-state index contributed by atoms with van der Waals surface area (Å²) in [7, 11) is 0. The van der Waals surface area contributed by atoms with Gasteiger partial charge in [-0.25, -0.2) is 4.79 Å². The standard InChI is InChI=1S/C40H39N3O6/c41-38(44)34(42-39(45)35(23-29-13-5-1-6-14-29)43-40(46)49-28-32-19-11-4-12-20-32)24-33-21-22-36(47-26-30-15-7-2-8-16-30)37(25-33)48-27-31-17-9-3-10-18-31/h1-22,25,34-35H,23-24,26-28H2,(H2,41,44)(H,42,45)(H,43,46)/t34-,35+/m1/s1. The van der Waals surface area contributed by atoms with Crippen LogP contribution in [-0.4, -0.2) is 30.0 Å². The number of benzene rings is 5. The fourth-order valence-electron chi connectivity index (χ4n) is 5.08. The second-order valence-corrected chi connectivity index (χ2v) is 11.4. The van der Waals surface area contributed by atoms with Gasteiger partial charge in [-0.2, -0.15) is 0 Å². The monoisotopic (exact) mass is 657 g/mol. The summed E-state index contributed by atoms with van der Waals surface area (Å²) in [5.74, 6) is -0.289. The summed E-state index contributed by atoms with van der Waals surface area (Å²) in [5, 5.41) is 5.41. The lowest BCUT2D eigenvalue weighted by molar-refractivity contribution is -0.128. The van der Waals surface area contributed by atoms with E-state index < -0.39 is 30.0 Å². The van der Waals surface area contributed by atoms with E-state index in [1.165, 1.54) is 0 Å². The Kier molecular flexibility index (Phi) is 12.4. The molecular formula is C40H39N3O6. The third kappa shape index (κ3) is 11.0. The van der Waals surface area contributed by atoms with E-state index in [0.717, 1.165) is 22.3 Å². The Balaban J connectivity index is 1.29. The fraction of sp³-hybridized carbons (Fsp3) is 0.175. The summed E-state index contributed by atoms with van der Waals surface area (Å²) in [6.45, 7) is 0.677. The van der Waals surface area contributed by atoms with Gasteiger partial charge in [-0.1, -0.05) is 127 Å². The highest BCUT2D eigenvalue weighted by molar-refractivity contribution is 5.91. The molecule has 4 N–H and O–H groups in total. The lowest BCUT2D eigenvalue weighted by Crippen LogP contribution is -2.54. The van der Waals surface area contributed by atoms with Crippen molar-refractivity contribution in [2.24, 2.45) is 5.73 Å². The van der Waals surface area contributed by atoms with Crippen LogP contribution in [0, 0.1) is 0 Å². The molecule has 2 atom stereocenters. The van der Waals surface area contributed by atoms with Crippen molar-refractivity contribution in [3.05, 3.63) is 167 Å². The third-order valence-electron chi connectivity index (χ3n) is 7.69. The molecular weight excluding hydrogens is 618 g/mol.